The number of carbonyl (C=O) groups is 2. The fourth-order valence-electron chi connectivity index (χ4n) is 3.99. The Morgan fingerprint density at radius 3 is 2.41 bits per heavy atom. The van der Waals surface area contributed by atoms with Gasteiger partial charge in [-0.1, -0.05) is 0 Å². The van der Waals surface area contributed by atoms with Crippen LogP contribution in [0.25, 0.3) is 10.9 Å². The third-order valence-corrected chi connectivity index (χ3v) is 5.81. The fourth-order valence-corrected chi connectivity index (χ4v) is 3.99. The number of Topliss-reactive ketones (excluding diaryl/α,β-unsaturated/α-hetero) is 1. The molecule has 0 spiro atoms. The molecule has 4 rings (SSSR count). The number of ketones is 1. The van der Waals surface area contributed by atoms with E-state index in [0.717, 1.165) is 16.5 Å². The van der Waals surface area contributed by atoms with Gasteiger partial charge in [0, 0.05) is 61.5 Å². The number of benzene rings is 2. The lowest BCUT2D eigenvalue weighted by molar-refractivity contribution is 0.0857. The van der Waals surface area contributed by atoms with Crippen molar-refractivity contribution in [1.29, 1.82) is 0 Å². The number of hydrogen-bond donors (Lipinski definition) is 0. The van der Waals surface area contributed by atoms with Crippen molar-refractivity contribution in [3.63, 3.8) is 0 Å². The Bertz CT molecular complexity index is 1050. The molecule has 1 aliphatic rings. The molecule has 5 nitrogen and oxygen atoms in total. The van der Waals surface area contributed by atoms with E-state index in [2.05, 4.69) is 0 Å². The Morgan fingerprint density at radius 1 is 1.03 bits per heavy atom. The molecule has 1 aromatic heterocycles. The summed E-state index contributed by atoms with van der Waals surface area (Å²) in [6.45, 7) is 1.07. The van der Waals surface area contributed by atoms with Crippen LogP contribution in [0.15, 0.2) is 54.7 Å². The number of urea groups is 1. The molecule has 1 saturated heterocycles. The minimum absolute atomic E-state index is 0.0728. The molecule has 0 N–H and O–H groups in total. The lowest BCUT2D eigenvalue weighted by Gasteiger charge is -2.34. The number of carbonyl (C=O) groups excluding carboxylic acids is 2. The van der Waals surface area contributed by atoms with E-state index in [1.54, 1.807) is 24.1 Å². The maximum atomic E-state index is 13.1. The highest BCUT2D eigenvalue weighted by molar-refractivity contribution is 6.01. The first-order valence-electron chi connectivity index (χ1n) is 9.81. The maximum absolute atomic E-state index is 13.1. The van der Waals surface area contributed by atoms with Gasteiger partial charge in [0.05, 0.1) is 0 Å². The Morgan fingerprint density at radius 2 is 1.72 bits per heavy atom. The van der Waals surface area contributed by atoms with E-state index in [9.17, 15) is 14.0 Å². The van der Waals surface area contributed by atoms with E-state index >= 15 is 0 Å². The van der Waals surface area contributed by atoms with Crippen molar-refractivity contribution >= 4 is 28.4 Å². The number of amides is 2. The largest absolute Gasteiger partial charge is 0.351 e. The van der Waals surface area contributed by atoms with Gasteiger partial charge in [-0.15, -0.1) is 0 Å². The molecule has 1 fully saturated rings. The highest BCUT2D eigenvalue weighted by atomic mass is 19.1. The predicted octanol–water partition coefficient (Wildman–Crippen LogP) is 4.47. The second-order valence-corrected chi connectivity index (χ2v) is 7.64. The van der Waals surface area contributed by atoms with Crippen LogP contribution >= 0.6 is 0 Å². The second kappa shape index (κ2) is 7.70. The van der Waals surface area contributed by atoms with Crippen LogP contribution in [-0.2, 0) is 7.05 Å². The van der Waals surface area contributed by atoms with Crippen LogP contribution in [0.1, 0.15) is 23.2 Å². The number of anilines is 1. The van der Waals surface area contributed by atoms with Crippen LogP contribution in [0.3, 0.4) is 0 Å². The lowest BCUT2D eigenvalue weighted by atomic mass is 9.88. The minimum Gasteiger partial charge on any atom is -0.351 e. The highest BCUT2D eigenvalue weighted by Crippen LogP contribution is 2.25. The molecular weight excluding hydrogens is 369 g/mol. The van der Waals surface area contributed by atoms with E-state index in [4.69, 9.17) is 0 Å². The first kappa shape index (κ1) is 19.2. The molecule has 1 aliphatic heterocycles. The normalized spacial score (nSPS) is 14.9. The molecular formula is C23H24FN3O2. The van der Waals surface area contributed by atoms with Crippen LogP contribution in [0, 0.1) is 11.7 Å². The molecule has 2 amide bonds. The maximum Gasteiger partial charge on any atom is 0.324 e. The number of likely N-dealkylation sites (tertiary alicyclic amines) is 1. The summed E-state index contributed by atoms with van der Waals surface area (Å²) in [5, 5.41) is 1.06. The van der Waals surface area contributed by atoms with Crippen molar-refractivity contribution in [1.82, 2.24) is 9.47 Å². The van der Waals surface area contributed by atoms with Gasteiger partial charge in [0.25, 0.3) is 0 Å². The van der Waals surface area contributed by atoms with Gasteiger partial charge in [-0.2, -0.15) is 0 Å². The number of hydrogen-bond acceptors (Lipinski definition) is 2. The number of piperidine rings is 1. The van der Waals surface area contributed by atoms with Gasteiger partial charge in [0.1, 0.15) is 5.82 Å². The van der Waals surface area contributed by atoms with E-state index in [1.165, 1.54) is 17.0 Å². The standard InChI is InChI=1S/C23H24FN3O2/c1-25-12-9-17-15-18(3-8-21(17)25)22(28)16-10-13-27(14-11-16)23(29)26(2)20-6-4-19(24)5-7-20/h3-9,12,15-16H,10-11,13-14H2,1-2H3. The second-order valence-electron chi connectivity index (χ2n) is 7.64. The topological polar surface area (TPSA) is 45.6 Å². The van der Waals surface area contributed by atoms with Crippen LogP contribution < -0.4 is 4.90 Å². The van der Waals surface area contributed by atoms with Crippen molar-refractivity contribution in [2.24, 2.45) is 13.0 Å². The number of rotatable bonds is 3. The van der Waals surface area contributed by atoms with Gasteiger partial charge < -0.3 is 9.47 Å². The highest BCUT2D eigenvalue weighted by Gasteiger charge is 2.29. The molecule has 2 heterocycles. The molecule has 0 unspecified atom stereocenters. The van der Waals surface area contributed by atoms with Gasteiger partial charge in [-0.3, -0.25) is 9.69 Å². The van der Waals surface area contributed by atoms with Crippen LogP contribution in [0.5, 0.6) is 0 Å². The third-order valence-electron chi connectivity index (χ3n) is 5.81. The Balaban J connectivity index is 1.39. The Kier molecular flexibility index (Phi) is 5.09. The summed E-state index contributed by atoms with van der Waals surface area (Å²) in [4.78, 5) is 29.0. The monoisotopic (exact) mass is 393 g/mol. The van der Waals surface area contributed by atoms with Gasteiger partial charge in [-0.25, -0.2) is 9.18 Å². The fraction of sp³-hybridized carbons (Fsp3) is 0.304. The average Bonchev–Trinajstić information content (AvgIpc) is 3.13. The van der Waals surface area contributed by atoms with Crippen molar-refractivity contribution < 1.29 is 14.0 Å². The lowest BCUT2D eigenvalue weighted by Crippen LogP contribution is -2.46. The first-order chi connectivity index (χ1) is 13.9. The molecule has 0 saturated carbocycles. The van der Waals surface area contributed by atoms with Crippen molar-refractivity contribution in [3.05, 3.63) is 66.1 Å². The summed E-state index contributed by atoms with van der Waals surface area (Å²) in [6.07, 6.45) is 3.28. The zero-order valence-electron chi connectivity index (χ0n) is 16.6. The summed E-state index contributed by atoms with van der Waals surface area (Å²) in [7, 11) is 3.67. The van der Waals surface area contributed by atoms with Crippen LogP contribution in [0.4, 0.5) is 14.9 Å². The molecule has 3 aromatic rings. The zero-order chi connectivity index (χ0) is 20.5. The Hall–Kier alpha value is -3.15. The molecule has 2 aromatic carbocycles. The third kappa shape index (κ3) is 3.75. The molecule has 0 radical (unpaired) electrons. The van der Waals surface area contributed by atoms with E-state index in [-0.39, 0.29) is 23.5 Å². The predicted molar refractivity (Wildman–Crippen MR) is 112 cm³/mol. The summed E-state index contributed by atoms with van der Waals surface area (Å²) < 4.78 is 15.1. The quantitative estimate of drug-likeness (QED) is 0.617. The van der Waals surface area contributed by atoms with E-state index < -0.39 is 0 Å². The summed E-state index contributed by atoms with van der Waals surface area (Å²) in [5.74, 6) is -0.256. The van der Waals surface area contributed by atoms with Gasteiger partial charge in [0.15, 0.2) is 5.78 Å². The number of fused-ring (bicyclic) bond motifs is 1. The van der Waals surface area contributed by atoms with Crippen molar-refractivity contribution in [3.8, 4) is 0 Å². The van der Waals surface area contributed by atoms with Crippen molar-refractivity contribution in [2.75, 3.05) is 25.0 Å². The summed E-state index contributed by atoms with van der Waals surface area (Å²) in [5.41, 5.74) is 2.48. The summed E-state index contributed by atoms with van der Waals surface area (Å²) in [6, 6.07) is 13.6. The first-order valence-corrected chi connectivity index (χ1v) is 9.81. The Labute approximate surface area is 169 Å². The smallest absolute Gasteiger partial charge is 0.324 e. The molecule has 0 bridgehead atoms. The summed E-state index contributed by atoms with van der Waals surface area (Å²) >= 11 is 0. The molecule has 0 aliphatic carbocycles. The van der Waals surface area contributed by atoms with Crippen molar-refractivity contribution in [2.45, 2.75) is 12.8 Å². The SMILES string of the molecule is CN(C(=O)N1CCC(C(=O)c2ccc3c(ccn3C)c2)CC1)c1ccc(F)cc1. The average molecular weight is 393 g/mol. The van der Waals surface area contributed by atoms with Crippen LogP contribution in [0.2, 0.25) is 0 Å². The molecule has 0 atom stereocenters. The van der Waals surface area contributed by atoms with Crippen LogP contribution in [-0.4, -0.2) is 41.4 Å². The minimum atomic E-state index is -0.331. The number of aryl methyl sites for hydroxylation is 1. The molecule has 6 heteroatoms. The van der Waals surface area contributed by atoms with Gasteiger partial charge in [0.2, 0.25) is 0 Å². The number of nitrogens with zero attached hydrogens (tertiary/aromatic N) is 3. The number of aromatic nitrogens is 1. The number of halogens is 1. The zero-order valence-corrected chi connectivity index (χ0v) is 16.6. The molecule has 29 heavy (non-hydrogen) atoms. The van der Waals surface area contributed by atoms with E-state index in [1.807, 2.05) is 42.1 Å². The van der Waals surface area contributed by atoms with Gasteiger partial charge in [-0.05, 0) is 61.4 Å². The van der Waals surface area contributed by atoms with E-state index in [0.29, 0.717) is 31.6 Å². The molecule has 150 valence electrons. The van der Waals surface area contributed by atoms with Gasteiger partial charge >= 0.3 is 6.03 Å².